The number of carbonyl (C=O) groups excluding carboxylic acids is 1. The number of benzene rings is 1. The van der Waals surface area contributed by atoms with E-state index in [0.29, 0.717) is 4.47 Å². The van der Waals surface area contributed by atoms with Crippen LogP contribution < -0.4 is 10.7 Å². The molecule has 0 radical (unpaired) electrons. The fourth-order valence-corrected chi connectivity index (χ4v) is 2.34. The maximum atomic E-state index is 12.2. The minimum atomic E-state index is -1.45. The number of pyridine rings is 1. The zero-order valence-electron chi connectivity index (χ0n) is 12.6. The Bertz CT molecular complexity index is 973. The summed E-state index contributed by atoms with van der Waals surface area (Å²) in [4.78, 5) is 23.3. The molecule has 0 aliphatic rings. The number of carboxylic acids is 1. The van der Waals surface area contributed by atoms with E-state index in [-0.39, 0.29) is 28.1 Å². The van der Waals surface area contributed by atoms with Crippen molar-refractivity contribution >= 4 is 33.3 Å². The highest BCUT2D eigenvalue weighted by atomic mass is 79.9. The van der Waals surface area contributed by atoms with Crippen molar-refractivity contribution in [1.29, 1.82) is 5.26 Å². The molecule has 2 aromatic rings. The van der Waals surface area contributed by atoms with E-state index in [4.69, 9.17) is 5.26 Å². The van der Waals surface area contributed by atoms with Gasteiger partial charge in [-0.3, -0.25) is 9.36 Å². The lowest BCUT2D eigenvalue weighted by Crippen LogP contribution is -2.22. The van der Waals surface area contributed by atoms with Crippen LogP contribution in [0.15, 0.2) is 37.7 Å². The lowest BCUT2D eigenvalue weighted by molar-refractivity contribution is -0.254. The molecule has 9 heteroatoms. The minimum absolute atomic E-state index is 0.00812. The number of carbonyl (C=O) groups is 1. The fourth-order valence-electron chi connectivity index (χ4n) is 1.98. The summed E-state index contributed by atoms with van der Waals surface area (Å²) in [6.07, 6.45) is 0. The van der Waals surface area contributed by atoms with Gasteiger partial charge in [0.1, 0.15) is 11.6 Å². The summed E-state index contributed by atoms with van der Waals surface area (Å²) in [7, 11) is 1.28. The van der Waals surface area contributed by atoms with Crippen molar-refractivity contribution in [3.63, 3.8) is 0 Å². The maximum Gasteiger partial charge on any atom is 0.281 e. The molecule has 0 fully saturated rings. The Morgan fingerprint density at radius 1 is 1.42 bits per heavy atom. The third-order valence-corrected chi connectivity index (χ3v) is 3.82. The second kappa shape index (κ2) is 6.64. The molecule has 0 saturated heterocycles. The molecule has 1 N–H and O–H groups in total. The van der Waals surface area contributed by atoms with Gasteiger partial charge in [-0.2, -0.15) is 5.26 Å². The molecule has 0 atom stereocenters. The van der Waals surface area contributed by atoms with E-state index in [9.17, 15) is 19.8 Å². The zero-order chi connectivity index (χ0) is 18.0. The first-order chi connectivity index (χ1) is 11.3. The zero-order valence-corrected chi connectivity index (χ0v) is 14.2. The van der Waals surface area contributed by atoms with Crippen molar-refractivity contribution in [3.05, 3.63) is 49.7 Å². The largest absolute Gasteiger partial charge is 0.545 e. The first-order valence-electron chi connectivity index (χ1n) is 6.53. The van der Waals surface area contributed by atoms with Gasteiger partial charge in [0.25, 0.3) is 5.56 Å². The topological polar surface area (TPSA) is 131 Å². The lowest BCUT2D eigenvalue weighted by atomic mass is 10.1. The summed E-state index contributed by atoms with van der Waals surface area (Å²) in [5.41, 5.74) is -1.01. The summed E-state index contributed by atoms with van der Waals surface area (Å²) >= 11 is 3.14. The SMILES string of the molecule is Cc1c(C#N)c(O)n(C)c(=O)c1N=Nc1ccc(Br)cc1C(=O)[O-]. The normalized spacial score (nSPS) is 10.8. The molecule has 0 spiro atoms. The van der Waals surface area contributed by atoms with Gasteiger partial charge in [0.05, 0.1) is 11.7 Å². The van der Waals surface area contributed by atoms with Crippen LogP contribution in [0.2, 0.25) is 0 Å². The number of carboxylic acid groups (broad SMARTS) is 1. The van der Waals surface area contributed by atoms with E-state index >= 15 is 0 Å². The van der Waals surface area contributed by atoms with Crippen LogP contribution in [-0.2, 0) is 7.05 Å². The summed E-state index contributed by atoms with van der Waals surface area (Å²) in [5.74, 6) is -1.92. The van der Waals surface area contributed by atoms with Gasteiger partial charge in [0.15, 0.2) is 5.69 Å². The molecule has 1 heterocycles. The summed E-state index contributed by atoms with van der Waals surface area (Å²) in [5, 5.41) is 37.6. The molecule has 24 heavy (non-hydrogen) atoms. The number of aromatic nitrogens is 1. The van der Waals surface area contributed by atoms with E-state index < -0.39 is 17.4 Å². The lowest BCUT2D eigenvalue weighted by Gasteiger charge is -2.09. The molecule has 0 unspecified atom stereocenters. The smallest absolute Gasteiger partial charge is 0.281 e. The molecule has 1 aromatic carbocycles. The van der Waals surface area contributed by atoms with Crippen molar-refractivity contribution in [3.8, 4) is 11.9 Å². The van der Waals surface area contributed by atoms with E-state index in [2.05, 4.69) is 26.2 Å². The van der Waals surface area contributed by atoms with Crippen LogP contribution in [0.4, 0.5) is 11.4 Å². The van der Waals surface area contributed by atoms with Gasteiger partial charge >= 0.3 is 0 Å². The van der Waals surface area contributed by atoms with Crippen molar-refractivity contribution in [2.24, 2.45) is 17.3 Å². The van der Waals surface area contributed by atoms with Crippen LogP contribution in [-0.4, -0.2) is 15.6 Å². The first kappa shape index (κ1) is 17.4. The minimum Gasteiger partial charge on any atom is -0.545 e. The molecule has 0 saturated carbocycles. The molecule has 0 amide bonds. The standard InChI is InChI=1S/C15H11BrN4O4/c1-7-10(6-17)13(21)20(2)14(22)12(7)19-18-11-4-3-8(16)5-9(11)15(23)24/h3-5,21H,1-2H3,(H,23,24)/p-1. The third-order valence-electron chi connectivity index (χ3n) is 3.33. The van der Waals surface area contributed by atoms with E-state index in [1.807, 2.05) is 0 Å². The second-order valence-electron chi connectivity index (χ2n) is 4.80. The number of aromatic hydroxyl groups is 1. The van der Waals surface area contributed by atoms with Crippen molar-refractivity contribution in [1.82, 2.24) is 4.57 Å². The molecule has 0 aliphatic carbocycles. The summed E-state index contributed by atoms with van der Waals surface area (Å²) in [6.45, 7) is 1.44. The monoisotopic (exact) mass is 389 g/mol. The van der Waals surface area contributed by atoms with Crippen molar-refractivity contribution in [2.45, 2.75) is 6.92 Å². The number of hydrogen-bond acceptors (Lipinski definition) is 7. The summed E-state index contributed by atoms with van der Waals surface area (Å²) in [6, 6.07) is 6.04. The van der Waals surface area contributed by atoms with Crippen LogP contribution >= 0.6 is 15.9 Å². The van der Waals surface area contributed by atoms with Gasteiger partial charge in [-0.25, -0.2) is 0 Å². The van der Waals surface area contributed by atoms with E-state index in [0.717, 1.165) is 4.57 Å². The van der Waals surface area contributed by atoms with Gasteiger partial charge in [-0.05, 0) is 25.1 Å². The first-order valence-corrected chi connectivity index (χ1v) is 7.32. The number of aromatic carboxylic acids is 1. The molecule has 122 valence electrons. The van der Waals surface area contributed by atoms with Crippen LogP contribution in [0.25, 0.3) is 0 Å². The highest BCUT2D eigenvalue weighted by Gasteiger charge is 2.17. The number of halogens is 1. The average molecular weight is 390 g/mol. The highest BCUT2D eigenvalue weighted by molar-refractivity contribution is 9.10. The van der Waals surface area contributed by atoms with Gasteiger partial charge in [0.2, 0.25) is 5.88 Å². The van der Waals surface area contributed by atoms with Crippen LogP contribution in [0.3, 0.4) is 0 Å². The number of hydrogen-bond donors (Lipinski definition) is 1. The summed E-state index contributed by atoms with van der Waals surface area (Å²) < 4.78 is 1.38. The van der Waals surface area contributed by atoms with Gasteiger partial charge < -0.3 is 15.0 Å². The maximum absolute atomic E-state index is 12.2. The Morgan fingerprint density at radius 3 is 2.67 bits per heavy atom. The fraction of sp³-hybridized carbons (Fsp3) is 0.133. The van der Waals surface area contributed by atoms with Crippen molar-refractivity contribution in [2.75, 3.05) is 0 Å². The van der Waals surface area contributed by atoms with Gasteiger partial charge in [-0.15, -0.1) is 10.2 Å². The van der Waals surface area contributed by atoms with Crippen LogP contribution in [0.1, 0.15) is 21.5 Å². The molecule has 8 nitrogen and oxygen atoms in total. The average Bonchev–Trinajstić information content (AvgIpc) is 2.54. The van der Waals surface area contributed by atoms with Gasteiger partial charge in [-0.1, -0.05) is 15.9 Å². The van der Waals surface area contributed by atoms with Crippen LogP contribution in [0, 0.1) is 18.3 Å². The molecule has 0 aliphatic heterocycles. The van der Waals surface area contributed by atoms with Gasteiger partial charge in [0, 0.05) is 22.6 Å². The number of nitriles is 1. The third kappa shape index (κ3) is 3.04. The predicted octanol–water partition coefficient (Wildman–Crippen LogP) is 1.81. The predicted molar refractivity (Wildman–Crippen MR) is 85.4 cm³/mol. The van der Waals surface area contributed by atoms with E-state index in [1.165, 1.54) is 26.1 Å². The quantitative estimate of drug-likeness (QED) is 0.799. The number of nitrogens with zero attached hydrogens (tertiary/aromatic N) is 4. The molecule has 2 rings (SSSR count). The Kier molecular flexibility index (Phi) is 4.80. The van der Waals surface area contributed by atoms with E-state index in [1.54, 1.807) is 12.1 Å². The van der Waals surface area contributed by atoms with Crippen LogP contribution in [0.5, 0.6) is 5.88 Å². The molecule has 0 bridgehead atoms. The Balaban J connectivity index is 2.64. The second-order valence-corrected chi connectivity index (χ2v) is 5.71. The number of rotatable bonds is 3. The molecule has 1 aromatic heterocycles. The molecular formula is C15H10BrN4O4-. The number of azo groups is 1. The Labute approximate surface area is 144 Å². The Morgan fingerprint density at radius 2 is 2.08 bits per heavy atom. The highest BCUT2D eigenvalue weighted by Crippen LogP contribution is 2.28. The molecular weight excluding hydrogens is 380 g/mol. The van der Waals surface area contributed by atoms with Crippen molar-refractivity contribution < 1.29 is 15.0 Å². The Hall–Kier alpha value is -2.99.